The monoisotopic (exact) mass is 152 g/mol. The van der Waals surface area contributed by atoms with Gasteiger partial charge in [-0.2, -0.15) is 8.42 Å². The normalized spacial score (nSPS) is 12.4. The predicted molar refractivity (Wildman–Crippen MR) is 35.9 cm³/mol. The Morgan fingerprint density at radius 3 is 1.67 bits per heavy atom. The lowest BCUT2D eigenvalue weighted by Gasteiger charge is -2.05. The van der Waals surface area contributed by atoms with Crippen molar-refractivity contribution in [3.63, 3.8) is 0 Å². The molecular weight excluding hydrogens is 140 g/mol. The first-order valence-electron chi connectivity index (χ1n) is 2.98. The van der Waals surface area contributed by atoms with Crippen molar-refractivity contribution in [2.24, 2.45) is 0 Å². The maximum atomic E-state index is 10.3. The van der Waals surface area contributed by atoms with Gasteiger partial charge >= 0.3 is 0 Å². The molecule has 0 saturated carbocycles. The molecule has 0 heterocycles. The Morgan fingerprint density at radius 1 is 1.33 bits per heavy atom. The van der Waals surface area contributed by atoms with E-state index in [9.17, 15) is 8.42 Å². The summed E-state index contributed by atoms with van der Waals surface area (Å²) in [6.45, 7) is 3.48. The molecule has 0 aliphatic rings. The summed E-state index contributed by atoms with van der Waals surface area (Å²) in [5.41, 5.74) is 0. The molecule has 0 rings (SSSR count). The molecule has 1 N–H and O–H groups in total. The molecule has 0 aliphatic carbocycles. The number of hydrogen-bond acceptors (Lipinski definition) is 2. The standard InChI is InChI=1S/C5H12O3S/c1-3-5(4-2)9(6,7)8/h5H,3-4H2,1-2H3,(H,6,7,8). The van der Waals surface area contributed by atoms with Crippen LogP contribution in [0.15, 0.2) is 0 Å². The average Bonchev–Trinajstić information content (AvgIpc) is 1.65. The SMILES string of the molecule is CCC(CC)S(=O)(=O)O. The van der Waals surface area contributed by atoms with Crippen molar-refractivity contribution in [3.05, 3.63) is 0 Å². The second kappa shape index (κ2) is 3.17. The fraction of sp³-hybridized carbons (Fsp3) is 1.00. The van der Waals surface area contributed by atoms with Gasteiger partial charge in [-0.15, -0.1) is 0 Å². The molecule has 0 aromatic carbocycles. The zero-order valence-electron chi connectivity index (χ0n) is 5.66. The lowest BCUT2D eigenvalue weighted by atomic mass is 10.3. The van der Waals surface area contributed by atoms with E-state index in [2.05, 4.69) is 0 Å². The largest absolute Gasteiger partial charge is 0.285 e. The Hall–Kier alpha value is -0.0900. The highest BCUT2D eigenvalue weighted by molar-refractivity contribution is 7.86. The average molecular weight is 152 g/mol. The van der Waals surface area contributed by atoms with Gasteiger partial charge in [-0.3, -0.25) is 4.55 Å². The topological polar surface area (TPSA) is 54.4 Å². The molecule has 0 atom stereocenters. The van der Waals surface area contributed by atoms with Gasteiger partial charge < -0.3 is 0 Å². The van der Waals surface area contributed by atoms with Gasteiger partial charge in [0.25, 0.3) is 10.1 Å². The van der Waals surface area contributed by atoms with E-state index in [1.807, 2.05) is 0 Å². The van der Waals surface area contributed by atoms with Crippen LogP contribution in [0.2, 0.25) is 0 Å². The first-order valence-corrected chi connectivity index (χ1v) is 4.49. The van der Waals surface area contributed by atoms with Gasteiger partial charge in [0, 0.05) is 0 Å². The van der Waals surface area contributed by atoms with Crippen molar-refractivity contribution < 1.29 is 13.0 Å². The summed E-state index contributed by atoms with van der Waals surface area (Å²) in [5.74, 6) is 0. The third kappa shape index (κ3) is 2.81. The van der Waals surface area contributed by atoms with Crippen molar-refractivity contribution in [2.45, 2.75) is 31.9 Å². The van der Waals surface area contributed by atoms with Crippen LogP contribution in [0.3, 0.4) is 0 Å². The smallest absolute Gasteiger partial charge is 0.267 e. The minimum Gasteiger partial charge on any atom is -0.285 e. The summed E-state index contributed by atoms with van der Waals surface area (Å²) in [5, 5.41) is -0.572. The Labute approximate surface area is 55.8 Å². The zero-order chi connectivity index (χ0) is 7.49. The van der Waals surface area contributed by atoms with E-state index < -0.39 is 15.4 Å². The Balaban J connectivity index is 4.14. The van der Waals surface area contributed by atoms with Crippen molar-refractivity contribution in [1.29, 1.82) is 0 Å². The van der Waals surface area contributed by atoms with E-state index in [4.69, 9.17) is 4.55 Å². The van der Waals surface area contributed by atoms with E-state index in [1.165, 1.54) is 0 Å². The van der Waals surface area contributed by atoms with Gasteiger partial charge in [-0.05, 0) is 12.8 Å². The van der Waals surface area contributed by atoms with E-state index in [-0.39, 0.29) is 0 Å². The minimum atomic E-state index is -3.77. The van der Waals surface area contributed by atoms with Crippen LogP contribution >= 0.6 is 0 Å². The summed E-state index contributed by atoms with van der Waals surface area (Å²) < 4.78 is 29.1. The van der Waals surface area contributed by atoms with Crippen molar-refractivity contribution >= 4 is 10.1 Å². The minimum absolute atomic E-state index is 0.481. The van der Waals surface area contributed by atoms with Crippen LogP contribution in [0.1, 0.15) is 26.7 Å². The first-order chi connectivity index (χ1) is 4.02. The van der Waals surface area contributed by atoms with E-state index in [0.29, 0.717) is 12.8 Å². The maximum Gasteiger partial charge on any atom is 0.267 e. The number of hydrogen-bond donors (Lipinski definition) is 1. The molecule has 0 amide bonds. The fourth-order valence-corrected chi connectivity index (χ4v) is 1.55. The summed E-state index contributed by atoms with van der Waals surface area (Å²) in [7, 11) is -3.77. The lowest BCUT2D eigenvalue weighted by Crippen LogP contribution is -2.17. The molecule has 0 spiro atoms. The van der Waals surface area contributed by atoms with Gasteiger partial charge in [0.1, 0.15) is 0 Å². The second-order valence-electron chi connectivity index (χ2n) is 1.95. The van der Waals surface area contributed by atoms with E-state index in [0.717, 1.165) is 0 Å². The zero-order valence-corrected chi connectivity index (χ0v) is 6.48. The molecule has 4 heteroatoms. The lowest BCUT2D eigenvalue weighted by molar-refractivity contribution is 0.462. The van der Waals surface area contributed by atoms with E-state index in [1.54, 1.807) is 13.8 Å². The summed E-state index contributed by atoms with van der Waals surface area (Å²) in [6.07, 6.45) is 0.963. The van der Waals surface area contributed by atoms with Gasteiger partial charge in [-0.1, -0.05) is 13.8 Å². The van der Waals surface area contributed by atoms with Crippen molar-refractivity contribution in [3.8, 4) is 0 Å². The van der Waals surface area contributed by atoms with Crippen LogP contribution in [-0.4, -0.2) is 18.2 Å². The van der Waals surface area contributed by atoms with Crippen LogP contribution in [0.25, 0.3) is 0 Å². The Kier molecular flexibility index (Phi) is 3.14. The highest BCUT2D eigenvalue weighted by Gasteiger charge is 2.17. The molecule has 0 unspecified atom stereocenters. The van der Waals surface area contributed by atoms with Crippen LogP contribution in [0.5, 0.6) is 0 Å². The Morgan fingerprint density at radius 2 is 1.67 bits per heavy atom. The summed E-state index contributed by atoms with van der Waals surface area (Å²) in [4.78, 5) is 0. The molecule has 0 aliphatic heterocycles. The van der Waals surface area contributed by atoms with Crippen LogP contribution < -0.4 is 0 Å². The predicted octanol–water partition coefficient (Wildman–Crippen LogP) is 1.06. The van der Waals surface area contributed by atoms with Gasteiger partial charge in [-0.25, -0.2) is 0 Å². The molecule has 9 heavy (non-hydrogen) atoms. The van der Waals surface area contributed by atoms with Gasteiger partial charge in [0.15, 0.2) is 0 Å². The van der Waals surface area contributed by atoms with E-state index >= 15 is 0 Å². The van der Waals surface area contributed by atoms with Crippen molar-refractivity contribution in [2.75, 3.05) is 0 Å². The highest BCUT2D eigenvalue weighted by atomic mass is 32.2. The van der Waals surface area contributed by atoms with Crippen LogP contribution in [0.4, 0.5) is 0 Å². The molecule has 0 aromatic rings. The maximum absolute atomic E-state index is 10.3. The molecule has 0 radical (unpaired) electrons. The summed E-state index contributed by atoms with van der Waals surface area (Å²) >= 11 is 0. The molecule has 0 bridgehead atoms. The number of rotatable bonds is 3. The molecule has 0 aromatic heterocycles. The second-order valence-corrected chi connectivity index (χ2v) is 3.65. The van der Waals surface area contributed by atoms with Crippen molar-refractivity contribution in [1.82, 2.24) is 0 Å². The van der Waals surface area contributed by atoms with Crippen LogP contribution in [-0.2, 0) is 10.1 Å². The van der Waals surface area contributed by atoms with Gasteiger partial charge in [0.2, 0.25) is 0 Å². The highest BCUT2D eigenvalue weighted by Crippen LogP contribution is 2.06. The van der Waals surface area contributed by atoms with Crippen LogP contribution in [0, 0.1) is 0 Å². The fourth-order valence-electron chi connectivity index (χ4n) is 0.710. The quantitative estimate of drug-likeness (QED) is 0.615. The third-order valence-electron chi connectivity index (χ3n) is 1.33. The third-order valence-corrected chi connectivity index (χ3v) is 2.84. The van der Waals surface area contributed by atoms with Gasteiger partial charge in [0.05, 0.1) is 5.25 Å². The molecule has 3 nitrogen and oxygen atoms in total. The molecule has 0 saturated heterocycles. The summed E-state index contributed by atoms with van der Waals surface area (Å²) in [6, 6.07) is 0. The Bertz CT molecular complexity index is 155. The molecule has 0 fully saturated rings. The molecule has 56 valence electrons. The first kappa shape index (κ1) is 8.91. The molecular formula is C5H12O3S.